The molecule has 2 atom stereocenters. The van der Waals surface area contributed by atoms with Gasteiger partial charge in [0.05, 0.1) is 6.54 Å². The van der Waals surface area contributed by atoms with E-state index in [1.807, 2.05) is 52.7 Å². The molecule has 1 saturated carbocycles. The fourth-order valence-corrected chi connectivity index (χ4v) is 4.36. The quantitative estimate of drug-likeness (QED) is 0.930. The van der Waals surface area contributed by atoms with Crippen molar-refractivity contribution in [1.82, 2.24) is 10.2 Å². The molecule has 0 unspecified atom stereocenters. The monoisotopic (exact) mass is 340 g/mol. The average molecular weight is 340 g/mol. The zero-order valence-electron chi connectivity index (χ0n) is 13.4. The molecule has 4 nitrogen and oxygen atoms in total. The zero-order valence-corrected chi connectivity index (χ0v) is 14.2. The summed E-state index contributed by atoms with van der Waals surface area (Å²) in [5, 5.41) is 5.06. The Morgan fingerprint density at radius 3 is 2.79 bits per heavy atom. The van der Waals surface area contributed by atoms with E-state index in [0.29, 0.717) is 13.1 Å². The SMILES string of the molecule is O=C(NCc1cccs1)[C@@H]1C[C@@]12CCN(C(=O)c1ccccc1)C2. The van der Waals surface area contributed by atoms with E-state index in [9.17, 15) is 9.59 Å². The van der Waals surface area contributed by atoms with Crippen LogP contribution >= 0.6 is 11.3 Å². The fourth-order valence-electron chi connectivity index (χ4n) is 3.71. The Morgan fingerprint density at radius 1 is 1.21 bits per heavy atom. The third kappa shape index (κ3) is 2.84. The molecule has 1 N–H and O–H groups in total. The Morgan fingerprint density at radius 2 is 2.04 bits per heavy atom. The molecule has 5 heteroatoms. The molecular weight excluding hydrogens is 320 g/mol. The molecule has 2 aromatic rings. The Hall–Kier alpha value is -2.14. The van der Waals surface area contributed by atoms with Gasteiger partial charge < -0.3 is 10.2 Å². The highest BCUT2D eigenvalue weighted by Crippen LogP contribution is 2.58. The molecular formula is C19H20N2O2S. The molecule has 1 spiro atoms. The van der Waals surface area contributed by atoms with E-state index in [1.165, 1.54) is 4.88 Å². The smallest absolute Gasteiger partial charge is 0.253 e. The van der Waals surface area contributed by atoms with Gasteiger partial charge in [-0.1, -0.05) is 24.3 Å². The van der Waals surface area contributed by atoms with Gasteiger partial charge in [-0.2, -0.15) is 0 Å². The highest BCUT2D eigenvalue weighted by Gasteiger charge is 2.61. The lowest BCUT2D eigenvalue weighted by atomic mass is 10.0. The van der Waals surface area contributed by atoms with Gasteiger partial charge in [-0.15, -0.1) is 11.3 Å². The van der Waals surface area contributed by atoms with E-state index in [2.05, 4.69) is 5.32 Å². The maximum atomic E-state index is 12.5. The van der Waals surface area contributed by atoms with E-state index in [4.69, 9.17) is 0 Å². The summed E-state index contributed by atoms with van der Waals surface area (Å²) >= 11 is 1.66. The van der Waals surface area contributed by atoms with Crippen molar-refractivity contribution in [3.63, 3.8) is 0 Å². The number of likely N-dealkylation sites (tertiary alicyclic amines) is 1. The summed E-state index contributed by atoms with van der Waals surface area (Å²) in [5.74, 6) is 0.278. The van der Waals surface area contributed by atoms with Crippen molar-refractivity contribution in [3.8, 4) is 0 Å². The maximum Gasteiger partial charge on any atom is 0.253 e. The predicted octanol–water partition coefficient (Wildman–Crippen LogP) is 2.92. The number of carbonyl (C=O) groups is 2. The van der Waals surface area contributed by atoms with Crippen LogP contribution in [-0.2, 0) is 11.3 Å². The van der Waals surface area contributed by atoms with Crippen LogP contribution in [0.1, 0.15) is 28.1 Å². The Balaban J connectivity index is 1.34. The molecule has 1 aliphatic heterocycles. The van der Waals surface area contributed by atoms with Crippen molar-refractivity contribution in [2.24, 2.45) is 11.3 Å². The van der Waals surface area contributed by atoms with Crippen LogP contribution in [0.25, 0.3) is 0 Å². The van der Waals surface area contributed by atoms with E-state index >= 15 is 0 Å². The highest BCUT2D eigenvalue weighted by atomic mass is 32.1. The average Bonchev–Trinajstić information content (AvgIpc) is 2.95. The standard InChI is InChI=1S/C19H20N2O2S/c22-17(20-12-15-7-4-10-24-15)16-11-19(16)8-9-21(13-19)18(23)14-5-2-1-3-6-14/h1-7,10,16H,8-9,11-13H2,(H,20,22)/t16-,19+/m0/s1. The molecule has 2 aliphatic rings. The van der Waals surface area contributed by atoms with Gasteiger partial charge in [-0.25, -0.2) is 0 Å². The Bertz CT molecular complexity index is 744. The number of hydrogen-bond donors (Lipinski definition) is 1. The molecule has 0 bridgehead atoms. The van der Waals surface area contributed by atoms with Gasteiger partial charge in [0, 0.05) is 34.9 Å². The molecule has 2 heterocycles. The molecule has 1 aromatic carbocycles. The first kappa shape index (κ1) is 15.4. The summed E-state index contributed by atoms with van der Waals surface area (Å²) in [7, 11) is 0. The van der Waals surface area contributed by atoms with Crippen LogP contribution in [0, 0.1) is 11.3 Å². The van der Waals surface area contributed by atoms with Crippen molar-refractivity contribution >= 4 is 23.2 Å². The van der Waals surface area contributed by atoms with Crippen molar-refractivity contribution in [3.05, 3.63) is 58.3 Å². The summed E-state index contributed by atoms with van der Waals surface area (Å²) in [6.45, 7) is 2.07. The fraction of sp³-hybridized carbons (Fsp3) is 0.368. The first-order valence-corrected chi connectivity index (χ1v) is 9.20. The number of carbonyl (C=O) groups excluding carboxylic acids is 2. The van der Waals surface area contributed by atoms with Gasteiger partial charge in [0.2, 0.25) is 5.91 Å². The number of amides is 2. The summed E-state index contributed by atoms with van der Waals surface area (Å²) in [6, 6.07) is 13.4. The van der Waals surface area contributed by atoms with Gasteiger partial charge in [0.25, 0.3) is 5.91 Å². The number of nitrogens with zero attached hydrogens (tertiary/aromatic N) is 1. The molecule has 24 heavy (non-hydrogen) atoms. The first-order chi connectivity index (χ1) is 11.7. The van der Waals surface area contributed by atoms with Gasteiger partial charge in [0.15, 0.2) is 0 Å². The molecule has 2 amide bonds. The minimum atomic E-state index is 0.0178. The highest BCUT2D eigenvalue weighted by molar-refractivity contribution is 7.09. The number of thiophene rings is 1. The van der Waals surface area contributed by atoms with Crippen LogP contribution in [0.3, 0.4) is 0 Å². The topological polar surface area (TPSA) is 49.4 Å². The maximum absolute atomic E-state index is 12.5. The lowest BCUT2D eigenvalue weighted by Crippen LogP contribution is -2.31. The molecule has 124 valence electrons. The van der Waals surface area contributed by atoms with Crippen LogP contribution in [-0.4, -0.2) is 29.8 Å². The predicted molar refractivity (Wildman–Crippen MR) is 93.7 cm³/mol. The van der Waals surface area contributed by atoms with Gasteiger partial charge in [-0.05, 0) is 36.4 Å². The summed E-state index contributed by atoms with van der Waals surface area (Å²) < 4.78 is 0. The second-order valence-corrected chi connectivity index (χ2v) is 7.79. The normalized spacial score (nSPS) is 25.0. The third-order valence-electron chi connectivity index (χ3n) is 5.22. The van der Waals surface area contributed by atoms with Crippen LogP contribution in [0.15, 0.2) is 47.8 Å². The second-order valence-electron chi connectivity index (χ2n) is 6.76. The van der Waals surface area contributed by atoms with Gasteiger partial charge in [0.1, 0.15) is 0 Å². The minimum absolute atomic E-state index is 0.0178. The Kier molecular flexibility index (Phi) is 3.88. The second kappa shape index (κ2) is 6.06. The van der Waals surface area contributed by atoms with Crippen LogP contribution in [0.4, 0.5) is 0 Å². The lowest BCUT2D eigenvalue weighted by Gasteiger charge is -2.16. The third-order valence-corrected chi connectivity index (χ3v) is 6.09. The largest absolute Gasteiger partial charge is 0.351 e. The zero-order chi connectivity index (χ0) is 16.6. The molecule has 1 saturated heterocycles. The number of rotatable bonds is 4. The molecule has 1 aromatic heterocycles. The summed E-state index contributed by atoms with van der Waals surface area (Å²) in [6.07, 6.45) is 1.84. The van der Waals surface area contributed by atoms with Gasteiger partial charge >= 0.3 is 0 Å². The molecule has 2 fully saturated rings. The van der Waals surface area contributed by atoms with Crippen molar-refractivity contribution in [2.45, 2.75) is 19.4 Å². The van der Waals surface area contributed by atoms with E-state index in [1.54, 1.807) is 11.3 Å². The Labute approximate surface area is 145 Å². The number of hydrogen-bond acceptors (Lipinski definition) is 3. The van der Waals surface area contributed by atoms with E-state index < -0.39 is 0 Å². The molecule has 4 rings (SSSR count). The molecule has 1 aliphatic carbocycles. The summed E-state index contributed by atoms with van der Waals surface area (Å²) in [5.41, 5.74) is 0.748. The lowest BCUT2D eigenvalue weighted by molar-refractivity contribution is -0.123. The van der Waals surface area contributed by atoms with E-state index in [-0.39, 0.29) is 23.1 Å². The van der Waals surface area contributed by atoms with Crippen LogP contribution < -0.4 is 5.32 Å². The molecule has 0 radical (unpaired) electrons. The minimum Gasteiger partial charge on any atom is -0.351 e. The van der Waals surface area contributed by atoms with Crippen LogP contribution in [0.5, 0.6) is 0 Å². The summed E-state index contributed by atoms with van der Waals surface area (Å²) in [4.78, 5) is 28.0. The van der Waals surface area contributed by atoms with E-state index in [0.717, 1.165) is 24.9 Å². The number of nitrogens with one attached hydrogen (secondary N) is 1. The van der Waals surface area contributed by atoms with Crippen LogP contribution in [0.2, 0.25) is 0 Å². The van der Waals surface area contributed by atoms with Crippen molar-refractivity contribution < 1.29 is 9.59 Å². The van der Waals surface area contributed by atoms with Crippen molar-refractivity contribution in [2.75, 3.05) is 13.1 Å². The van der Waals surface area contributed by atoms with Gasteiger partial charge in [-0.3, -0.25) is 9.59 Å². The first-order valence-electron chi connectivity index (χ1n) is 8.32. The van der Waals surface area contributed by atoms with Crippen molar-refractivity contribution in [1.29, 1.82) is 0 Å². The number of benzene rings is 1.